The fourth-order valence-electron chi connectivity index (χ4n) is 1.93. The van der Waals surface area contributed by atoms with Gasteiger partial charge in [-0.3, -0.25) is 21.0 Å². The monoisotopic (exact) mass is 349 g/mol. The summed E-state index contributed by atoms with van der Waals surface area (Å²) in [7, 11) is 1.39. The van der Waals surface area contributed by atoms with E-state index in [4.69, 9.17) is 22.8 Å². The molecule has 0 spiro atoms. The van der Waals surface area contributed by atoms with Gasteiger partial charge in [0.15, 0.2) is 5.75 Å². The largest absolute Gasteiger partial charge is 0.490 e. The molecule has 2 rings (SSSR count). The van der Waals surface area contributed by atoms with Gasteiger partial charge in [-0.25, -0.2) is 10.8 Å². The number of nitro benzene ring substituents is 1. The predicted molar refractivity (Wildman–Crippen MR) is 91.6 cm³/mol. The standard InChI is InChI=1S/C13H15N7O3S/c1-23-12-3-2-9(4-11(12)20(21)22)7-19-8-15-5-10(19)6-16-18-13(24)17-14/h2-6,8H,7,14H2,1H3,(H2,17,18,24). The Bertz CT molecular complexity index is 775. The van der Waals surface area contributed by atoms with Crippen molar-refractivity contribution < 1.29 is 9.66 Å². The molecule has 126 valence electrons. The summed E-state index contributed by atoms with van der Waals surface area (Å²) in [6, 6.07) is 4.77. The van der Waals surface area contributed by atoms with Crippen molar-refractivity contribution in [2.75, 3.05) is 7.11 Å². The van der Waals surface area contributed by atoms with Gasteiger partial charge in [0.1, 0.15) is 0 Å². The van der Waals surface area contributed by atoms with Crippen LogP contribution in [0.3, 0.4) is 0 Å². The minimum atomic E-state index is -0.483. The topological polar surface area (TPSA) is 133 Å². The average Bonchev–Trinajstić information content (AvgIpc) is 3.01. The van der Waals surface area contributed by atoms with Gasteiger partial charge in [0.25, 0.3) is 0 Å². The van der Waals surface area contributed by atoms with E-state index in [0.29, 0.717) is 12.2 Å². The lowest BCUT2D eigenvalue weighted by atomic mass is 10.2. The molecule has 0 amide bonds. The van der Waals surface area contributed by atoms with E-state index in [1.165, 1.54) is 19.4 Å². The Kier molecular flexibility index (Phi) is 5.76. The normalized spacial score (nSPS) is 10.6. The highest BCUT2D eigenvalue weighted by atomic mass is 32.1. The molecule has 0 atom stereocenters. The number of aromatic nitrogens is 2. The van der Waals surface area contributed by atoms with Gasteiger partial charge >= 0.3 is 5.69 Å². The highest BCUT2D eigenvalue weighted by molar-refractivity contribution is 7.80. The molecule has 0 bridgehead atoms. The molecule has 4 N–H and O–H groups in total. The van der Waals surface area contributed by atoms with Crippen molar-refractivity contribution in [3.05, 3.63) is 52.1 Å². The van der Waals surface area contributed by atoms with Crippen molar-refractivity contribution in [3.8, 4) is 5.75 Å². The van der Waals surface area contributed by atoms with Crippen LogP contribution in [0.2, 0.25) is 0 Å². The van der Waals surface area contributed by atoms with Crippen LogP contribution in [0.1, 0.15) is 11.3 Å². The molecule has 0 fully saturated rings. The third-order valence-corrected chi connectivity index (χ3v) is 3.24. The number of hydrazone groups is 1. The lowest BCUT2D eigenvalue weighted by Gasteiger charge is -2.07. The molecule has 0 aliphatic heterocycles. The summed E-state index contributed by atoms with van der Waals surface area (Å²) < 4.78 is 6.76. The molecule has 1 heterocycles. The van der Waals surface area contributed by atoms with Crippen LogP contribution in [0.4, 0.5) is 5.69 Å². The van der Waals surface area contributed by atoms with Crippen LogP contribution < -0.4 is 21.4 Å². The summed E-state index contributed by atoms with van der Waals surface area (Å²) in [6.45, 7) is 0.381. The number of imidazole rings is 1. The fraction of sp³-hybridized carbons (Fsp3) is 0.154. The van der Waals surface area contributed by atoms with E-state index < -0.39 is 4.92 Å². The molecule has 1 aromatic heterocycles. The number of thiocarbonyl (C=S) groups is 1. The van der Waals surface area contributed by atoms with E-state index in [2.05, 4.69) is 20.9 Å². The average molecular weight is 349 g/mol. The Morgan fingerprint density at radius 3 is 3.08 bits per heavy atom. The minimum absolute atomic E-state index is 0.0913. The maximum Gasteiger partial charge on any atom is 0.311 e. The quantitative estimate of drug-likeness (QED) is 0.226. The number of hydrogen-bond donors (Lipinski definition) is 3. The number of nitrogens with one attached hydrogen (secondary N) is 2. The first-order valence-electron chi connectivity index (χ1n) is 6.66. The van der Waals surface area contributed by atoms with E-state index in [0.717, 1.165) is 5.56 Å². The van der Waals surface area contributed by atoms with E-state index in [1.54, 1.807) is 29.2 Å². The van der Waals surface area contributed by atoms with Gasteiger partial charge < -0.3 is 9.30 Å². The van der Waals surface area contributed by atoms with Crippen molar-refractivity contribution in [3.63, 3.8) is 0 Å². The van der Waals surface area contributed by atoms with Gasteiger partial charge in [0, 0.05) is 12.6 Å². The Balaban J connectivity index is 2.18. The van der Waals surface area contributed by atoms with Crippen LogP contribution in [-0.4, -0.2) is 32.9 Å². The molecule has 0 aliphatic rings. The van der Waals surface area contributed by atoms with Crippen LogP contribution in [0, 0.1) is 10.1 Å². The highest BCUT2D eigenvalue weighted by Gasteiger charge is 2.15. The smallest absolute Gasteiger partial charge is 0.311 e. The highest BCUT2D eigenvalue weighted by Crippen LogP contribution is 2.27. The second-order valence-corrected chi connectivity index (χ2v) is 4.96. The third kappa shape index (κ3) is 4.24. The Morgan fingerprint density at radius 1 is 1.62 bits per heavy atom. The van der Waals surface area contributed by atoms with Crippen molar-refractivity contribution in [2.24, 2.45) is 10.9 Å². The number of nitro groups is 1. The van der Waals surface area contributed by atoms with Crippen LogP contribution in [0.15, 0.2) is 35.8 Å². The lowest BCUT2D eigenvalue weighted by Crippen LogP contribution is -2.37. The molecular weight excluding hydrogens is 334 g/mol. The Hall–Kier alpha value is -3.05. The van der Waals surface area contributed by atoms with E-state index in [9.17, 15) is 10.1 Å². The first-order valence-corrected chi connectivity index (χ1v) is 7.07. The third-order valence-electron chi connectivity index (χ3n) is 3.03. The van der Waals surface area contributed by atoms with Gasteiger partial charge in [-0.15, -0.1) is 0 Å². The zero-order valence-corrected chi connectivity index (χ0v) is 13.5. The Labute approximate surface area is 142 Å². The SMILES string of the molecule is COc1ccc(Cn2cncc2C=NNC(=S)NN)cc1[N+](=O)[O-]. The van der Waals surface area contributed by atoms with Gasteiger partial charge in [0.2, 0.25) is 5.11 Å². The maximum absolute atomic E-state index is 11.1. The molecular formula is C13H15N7O3S. The minimum Gasteiger partial charge on any atom is -0.490 e. The lowest BCUT2D eigenvalue weighted by molar-refractivity contribution is -0.385. The molecule has 0 saturated carbocycles. The summed E-state index contributed by atoms with van der Waals surface area (Å²) in [5.74, 6) is 5.33. The van der Waals surface area contributed by atoms with Gasteiger partial charge in [-0.2, -0.15) is 5.10 Å². The first-order chi connectivity index (χ1) is 11.5. The number of hydrazine groups is 1. The first kappa shape index (κ1) is 17.3. The van der Waals surface area contributed by atoms with Gasteiger partial charge in [0.05, 0.1) is 36.5 Å². The summed E-state index contributed by atoms with van der Waals surface area (Å²) >= 11 is 4.79. The Morgan fingerprint density at radius 2 is 2.42 bits per heavy atom. The van der Waals surface area contributed by atoms with E-state index in [-0.39, 0.29) is 16.5 Å². The molecule has 2 aromatic rings. The van der Waals surface area contributed by atoms with Crippen LogP contribution in [0.5, 0.6) is 5.75 Å². The summed E-state index contributed by atoms with van der Waals surface area (Å²) in [5.41, 5.74) is 6.07. The summed E-state index contributed by atoms with van der Waals surface area (Å²) in [4.78, 5) is 14.6. The van der Waals surface area contributed by atoms with Crippen molar-refractivity contribution >= 4 is 29.2 Å². The van der Waals surface area contributed by atoms with Crippen molar-refractivity contribution in [2.45, 2.75) is 6.54 Å². The molecule has 0 radical (unpaired) electrons. The fourth-order valence-corrected chi connectivity index (χ4v) is 1.99. The number of rotatable bonds is 6. The molecule has 11 heteroatoms. The number of benzene rings is 1. The van der Waals surface area contributed by atoms with Crippen LogP contribution in [-0.2, 0) is 6.54 Å². The van der Waals surface area contributed by atoms with Crippen LogP contribution >= 0.6 is 12.2 Å². The second-order valence-electron chi connectivity index (χ2n) is 4.55. The second kappa shape index (κ2) is 7.99. The molecule has 1 aromatic carbocycles. The van der Waals surface area contributed by atoms with Gasteiger partial charge in [-0.1, -0.05) is 6.07 Å². The molecule has 24 heavy (non-hydrogen) atoms. The summed E-state index contributed by atoms with van der Waals surface area (Å²) in [6.07, 6.45) is 4.70. The van der Waals surface area contributed by atoms with Crippen molar-refractivity contribution in [1.29, 1.82) is 0 Å². The number of hydrogen-bond acceptors (Lipinski definition) is 7. The van der Waals surface area contributed by atoms with Crippen molar-refractivity contribution in [1.82, 2.24) is 20.4 Å². The summed E-state index contributed by atoms with van der Waals surface area (Å²) in [5, 5.41) is 15.2. The van der Waals surface area contributed by atoms with Crippen LogP contribution in [0.25, 0.3) is 0 Å². The van der Waals surface area contributed by atoms with Gasteiger partial charge in [-0.05, 0) is 23.8 Å². The zero-order valence-electron chi connectivity index (χ0n) is 12.7. The molecule has 0 saturated heterocycles. The van der Waals surface area contributed by atoms with E-state index >= 15 is 0 Å². The predicted octanol–water partition coefficient (Wildman–Crippen LogP) is 0.520. The van der Waals surface area contributed by atoms with E-state index in [1.807, 2.05) is 0 Å². The number of nitrogens with two attached hydrogens (primary N) is 1. The number of nitrogens with zero attached hydrogens (tertiary/aromatic N) is 4. The molecule has 0 unspecified atom stereocenters. The molecule has 10 nitrogen and oxygen atoms in total. The maximum atomic E-state index is 11.1. The zero-order chi connectivity index (χ0) is 17.5. The molecule has 0 aliphatic carbocycles. The number of ether oxygens (including phenoxy) is 1. The number of methoxy groups -OCH3 is 1.